The number of alkyl halides is 3. The zero-order chi connectivity index (χ0) is 11.4. The third kappa shape index (κ3) is 3.23. The largest absolute Gasteiger partial charge is 0.487 e. The standard InChI is InChI=1S/C7H8F4O3/c1-3-14-5(7(9,10)11)4(8)6(12)13-2/h3H2,1-2H3/b5-4-. The van der Waals surface area contributed by atoms with E-state index in [0.29, 0.717) is 0 Å². The quantitative estimate of drug-likeness (QED) is 0.313. The van der Waals surface area contributed by atoms with Crippen molar-refractivity contribution in [2.24, 2.45) is 0 Å². The Morgan fingerprint density at radius 3 is 2.14 bits per heavy atom. The average Bonchev–Trinajstić information content (AvgIpc) is 2.09. The number of ether oxygens (including phenoxy) is 2. The van der Waals surface area contributed by atoms with Crippen LogP contribution in [-0.4, -0.2) is 25.9 Å². The van der Waals surface area contributed by atoms with E-state index in [1.165, 1.54) is 6.92 Å². The molecule has 0 aromatic heterocycles. The fourth-order valence-electron chi connectivity index (χ4n) is 0.596. The molecule has 0 radical (unpaired) electrons. The topological polar surface area (TPSA) is 35.5 Å². The van der Waals surface area contributed by atoms with Gasteiger partial charge in [-0.2, -0.15) is 17.6 Å². The van der Waals surface area contributed by atoms with Gasteiger partial charge in [0, 0.05) is 0 Å². The van der Waals surface area contributed by atoms with Crippen LogP contribution in [0, 0.1) is 0 Å². The van der Waals surface area contributed by atoms with Gasteiger partial charge in [0.15, 0.2) is 0 Å². The highest BCUT2D eigenvalue weighted by molar-refractivity contribution is 5.86. The summed E-state index contributed by atoms with van der Waals surface area (Å²) in [6.07, 6.45) is -5.05. The molecule has 0 atom stereocenters. The summed E-state index contributed by atoms with van der Waals surface area (Å²) in [6, 6.07) is 0. The SMILES string of the molecule is CCO/C(=C(\F)C(=O)OC)C(F)(F)F. The summed E-state index contributed by atoms with van der Waals surface area (Å²) < 4.78 is 56.5. The van der Waals surface area contributed by atoms with Gasteiger partial charge in [0.1, 0.15) is 0 Å². The fraction of sp³-hybridized carbons (Fsp3) is 0.571. The van der Waals surface area contributed by atoms with Crippen molar-refractivity contribution in [3.63, 3.8) is 0 Å². The lowest BCUT2D eigenvalue weighted by Gasteiger charge is -2.12. The molecule has 0 unspecified atom stereocenters. The van der Waals surface area contributed by atoms with E-state index < -0.39 is 30.3 Å². The zero-order valence-corrected chi connectivity index (χ0v) is 7.44. The summed E-state index contributed by atoms with van der Waals surface area (Å²) in [7, 11) is 0.766. The third-order valence-corrected chi connectivity index (χ3v) is 1.11. The molecule has 82 valence electrons. The number of esters is 1. The van der Waals surface area contributed by atoms with Crippen molar-refractivity contribution in [1.82, 2.24) is 0 Å². The van der Waals surface area contributed by atoms with Crippen LogP contribution < -0.4 is 0 Å². The second kappa shape index (κ2) is 4.83. The number of hydrogen-bond donors (Lipinski definition) is 0. The van der Waals surface area contributed by atoms with E-state index in [9.17, 15) is 22.4 Å². The summed E-state index contributed by atoms with van der Waals surface area (Å²) in [6.45, 7) is 0.829. The Balaban J connectivity index is 5.05. The summed E-state index contributed by atoms with van der Waals surface area (Å²) >= 11 is 0. The van der Waals surface area contributed by atoms with Gasteiger partial charge in [0.05, 0.1) is 13.7 Å². The lowest BCUT2D eigenvalue weighted by atomic mass is 10.4. The first-order valence-corrected chi connectivity index (χ1v) is 3.52. The minimum atomic E-state index is -5.05. The number of rotatable bonds is 3. The molecule has 0 aromatic rings. The molecule has 0 aliphatic carbocycles. The van der Waals surface area contributed by atoms with E-state index in [4.69, 9.17) is 0 Å². The second-order valence-electron chi connectivity index (χ2n) is 2.07. The molecule has 0 saturated carbocycles. The number of halogens is 4. The van der Waals surface area contributed by atoms with Crippen molar-refractivity contribution < 1.29 is 31.8 Å². The van der Waals surface area contributed by atoms with Crippen LogP contribution in [0.4, 0.5) is 17.6 Å². The van der Waals surface area contributed by atoms with Gasteiger partial charge in [-0.05, 0) is 6.92 Å². The van der Waals surface area contributed by atoms with E-state index in [-0.39, 0.29) is 0 Å². The zero-order valence-electron chi connectivity index (χ0n) is 7.44. The van der Waals surface area contributed by atoms with Crippen molar-refractivity contribution >= 4 is 5.97 Å². The maximum Gasteiger partial charge on any atom is 0.452 e. The monoisotopic (exact) mass is 216 g/mol. The Morgan fingerprint density at radius 1 is 1.36 bits per heavy atom. The van der Waals surface area contributed by atoms with E-state index in [2.05, 4.69) is 9.47 Å². The number of carbonyl (C=O) groups excluding carboxylic acids is 1. The molecule has 0 rings (SSSR count). The van der Waals surface area contributed by atoms with Gasteiger partial charge >= 0.3 is 12.1 Å². The van der Waals surface area contributed by atoms with Crippen molar-refractivity contribution in [3.05, 3.63) is 11.6 Å². The van der Waals surface area contributed by atoms with E-state index in [1.54, 1.807) is 0 Å². The smallest absolute Gasteiger partial charge is 0.452 e. The van der Waals surface area contributed by atoms with Gasteiger partial charge in [-0.15, -0.1) is 0 Å². The Bertz CT molecular complexity index is 244. The lowest BCUT2D eigenvalue weighted by molar-refractivity contribution is -0.146. The maximum atomic E-state index is 12.7. The minimum absolute atomic E-state index is 0.404. The van der Waals surface area contributed by atoms with Gasteiger partial charge in [0.25, 0.3) is 5.83 Å². The number of methoxy groups -OCH3 is 1. The number of allylic oxidation sites excluding steroid dienone is 1. The van der Waals surface area contributed by atoms with Crippen LogP contribution in [-0.2, 0) is 14.3 Å². The maximum absolute atomic E-state index is 12.7. The summed E-state index contributed by atoms with van der Waals surface area (Å²) in [5.74, 6) is -5.76. The molecule has 0 fully saturated rings. The van der Waals surface area contributed by atoms with Gasteiger partial charge in [-0.3, -0.25) is 0 Å². The molecule has 0 N–H and O–H groups in total. The highest BCUT2D eigenvalue weighted by atomic mass is 19.4. The molecular formula is C7H8F4O3. The predicted octanol–water partition coefficient (Wildman–Crippen LogP) is 1.94. The summed E-state index contributed by atoms with van der Waals surface area (Å²) in [5, 5.41) is 0. The molecule has 14 heavy (non-hydrogen) atoms. The Morgan fingerprint density at radius 2 is 1.86 bits per heavy atom. The first-order chi connectivity index (χ1) is 6.34. The van der Waals surface area contributed by atoms with Crippen molar-refractivity contribution in [3.8, 4) is 0 Å². The van der Waals surface area contributed by atoms with Crippen LogP contribution >= 0.6 is 0 Å². The summed E-state index contributed by atoms with van der Waals surface area (Å²) in [5.41, 5.74) is 0. The predicted molar refractivity (Wildman–Crippen MR) is 37.8 cm³/mol. The van der Waals surface area contributed by atoms with Gasteiger partial charge in [-0.25, -0.2) is 4.79 Å². The molecule has 3 nitrogen and oxygen atoms in total. The summed E-state index contributed by atoms with van der Waals surface area (Å²) in [4.78, 5) is 10.4. The lowest BCUT2D eigenvalue weighted by Crippen LogP contribution is -2.19. The normalized spacial score (nSPS) is 13.3. The molecule has 0 spiro atoms. The number of hydrogen-bond acceptors (Lipinski definition) is 3. The van der Waals surface area contributed by atoms with Crippen LogP contribution in [0.25, 0.3) is 0 Å². The van der Waals surface area contributed by atoms with Gasteiger partial charge in [-0.1, -0.05) is 0 Å². The van der Waals surface area contributed by atoms with E-state index in [1.807, 2.05) is 0 Å². The van der Waals surface area contributed by atoms with Crippen LogP contribution in [0.2, 0.25) is 0 Å². The van der Waals surface area contributed by atoms with Gasteiger partial charge < -0.3 is 9.47 Å². The second-order valence-corrected chi connectivity index (χ2v) is 2.07. The van der Waals surface area contributed by atoms with Crippen molar-refractivity contribution in [2.45, 2.75) is 13.1 Å². The molecule has 0 bridgehead atoms. The molecule has 0 aliphatic heterocycles. The van der Waals surface area contributed by atoms with Crippen LogP contribution in [0.3, 0.4) is 0 Å². The fourth-order valence-corrected chi connectivity index (χ4v) is 0.596. The van der Waals surface area contributed by atoms with Gasteiger partial charge in [0.2, 0.25) is 5.76 Å². The van der Waals surface area contributed by atoms with Crippen LogP contribution in [0.1, 0.15) is 6.92 Å². The van der Waals surface area contributed by atoms with Crippen molar-refractivity contribution in [1.29, 1.82) is 0 Å². The average molecular weight is 216 g/mol. The molecule has 0 amide bonds. The van der Waals surface area contributed by atoms with E-state index >= 15 is 0 Å². The Hall–Kier alpha value is -1.27. The Labute approximate surface area is 77.3 Å². The third-order valence-electron chi connectivity index (χ3n) is 1.11. The Kier molecular flexibility index (Phi) is 4.39. The molecule has 0 aliphatic rings. The van der Waals surface area contributed by atoms with Crippen LogP contribution in [0.5, 0.6) is 0 Å². The molecule has 0 saturated heterocycles. The molecule has 0 aromatic carbocycles. The molecule has 7 heteroatoms. The molecule has 0 heterocycles. The minimum Gasteiger partial charge on any atom is -0.487 e. The highest BCUT2D eigenvalue weighted by Crippen LogP contribution is 2.30. The highest BCUT2D eigenvalue weighted by Gasteiger charge is 2.41. The van der Waals surface area contributed by atoms with Crippen LogP contribution in [0.15, 0.2) is 11.6 Å². The molecular weight excluding hydrogens is 208 g/mol. The first kappa shape index (κ1) is 12.7. The number of carbonyl (C=O) groups is 1. The first-order valence-electron chi connectivity index (χ1n) is 3.52. The van der Waals surface area contributed by atoms with E-state index in [0.717, 1.165) is 7.11 Å². The van der Waals surface area contributed by atoms with Crippen molar-refractivity contribution in [2.75, 3.05) is 13.7 Å².